The van der Waals surface area contributed by atoms with E-state index in [1.807, 2.05) is 0 Å². The fraction of sp³-hybridized carbons (Fsp3) is 0.929. The molecule has 1 aliphatic carbocycles. The van der Waals surface area contributed by atoms with Gasteiger partial charge in [0.2, 0.25) is 0 Å². The molecule has 1 rings (SSSR count). The van der Waals surface area contributed by atoms with Crippen molar-refractivity contribution in [1.82, 2.24) is 5.32 Å². The molecule has 0 bridgehead atoms. The third kappa shape index (κ3) is 5.10. The third-order valence-corrected chi connectivity index (χ3v) is 4.24. The van der Waals surface area contributed by atoms with E-state index in [-0.39, 0.29) is 5.54 Å². The van der Waals surface area contributed by atoms with Gasteiger partial charge in [-0.05, 0) is 49.6 Å². The van der Waals surface area contributed by atoms with Crippen LogP contribution < -0.4 is 5.32 Å². The summed E-state index contributed by atoms with van der Waals surface area (Å²) in [6.07, 6.45) is 6.17. The van der Waals surface area contributed by atoms with Gasteiger partial charge >= 0.3 is 0 Å². The summed E-state index contributed by atoms with van der Waals surface area (Å²) in [5, 5.41) is 16.4. The number of nitrogens with zero attached hydrogens (tertiary/aromatic N) is 4. The molecule has 106 valence electrons. The van der Waals surface area contributed by atoms with Gasteiger partial charge in [0, 0.05) is 11.5 Å². The zero-order valence-electron chi connectivity index (χ0n) is 12.1. The fourth-order valence-corrected chi connectivity index (χ4v) is 2.88. The van der Waals surface area contributed by atoms with Crippen LogP contribution in [0, 0.1) is 23.2 Å². The average Bonchev–Trinajstić information content (AvgIpc) is 2.62. The number of nitrogens with one attached hydrogen (secondary N) is 1. The first kappa shape index (κ1) is 15.8. The molecule has 0 heterocycles. The maximum absolute atomic E-state index is 9.50. The summed E-state index contributed by atoms with van der Waals surface area (Å²) >= 11 is 0. The molecule has 5 nitrogen and oxygen atoms in total. The Balaban J connectivity index is 2.46. The first-order valence-electron chi connectivity index (χ1n) is 7.31. The first-order chi connectivity index (χ1) is 9.13. The van der Waals surface area contributed by atoms with Crippen LogP contribution in [0.15, 0.2) is 5.11 Å². The minimum Gasteiger partial charge on any atom is -0.299 e. The minimum absolute atomic E-state index is 0.361. The molecule has 0 amide bonds. The van der Waals surface area contributed by atoms with Crippen molar-refractivity contribution >= 4 is 0 Å². The Kier molecular flexibility index (Phi) is 6.69. The molecular formula is C14H25N5. The molecule has 0 aromatic rings. The van der Waals surface area contributed by atoms with Gasteiger partial charge in [-0.2, -0.15) is 5.26 Å². The van der Waals surface area contributed by atoms with E-state index in [1.54, 1.807) is 0 Å². The zero-order chi connectivity index (χ0) is 14.1. The summed E-state index contributed by atoms with van der Waals surface area (Å²) in [7, 11) is 0. The lowest BCUT2D eigenvalue weighted by Crippen LogP contribution is -2.44. The quantitative estimate of drug-likeness (QED) is 0.260. The van der Waals surface area contributed by atoms with Gasteiger partial charge in [-0.25, -0.2) is 0 Å². The number of hydrogen-bond donors (Lipinski definition) is 1. The van der Waals surface area contributed by atoms with Crippen LogP contribution in [0.1, 0.15) is 52.4 Å². The molecule has 1 fully saturated rings. The lowest BCUT2D eigenvalue weighted by atomic mass is 9.87. The van der Waals surface area contributed by atoms with Crippen LogP contribution >= 0.6 is 0 Å². The molecule has 1 aliphatic rings. The number of azide groups is 1. The lowest BCUT2D eigenvalue weighted by Gasteiger charge is -2.27. The van der Waals surface area contributed by atoms with Crippen LogP contribution in [-0.4, -0.2) is 18.6 Å². The van der Waals surface area contributed by atoms with Gasteiger partial charge in [0.05, 0.1) is 6.07 Å². The second-order valence-corrected chi connectivity index (χ2v) is 5.86. The van der Waals surface area contributed by atoms with E-state index >= 15 is 0 Å². The van der Waals surface area contributed by atoms with Gasteiger partial charge in [0.1, 0.15) is 5.54 Å². The van der Waals surface area contributed by atoms with Crippen molar-refractivity contribution in [3.05, 3.63) is 10.4 Å². The van der Waals surface area contributed by atoms with E-state index in [4.69, 9.17) is 5.53 Å². The molecule has 0 spiro atoms. The largest absolute Gasteiger partial charge is 0.299 e. The molecule has 0 aromatic heterocycles. The van der Waals surface area contributed by atoms with Crippen molar-refractivity contribution in [3.63, 3.8) is 0 Å². The normalized spacial score (nSPS) is 27.4. The smallest absolute Gasteiger partial charge is 0.106 e. The van der Waals surface area contributed by atoms with Gasteiger partial charge in [-0.15, -0.1) is 0 Å². The monoisotopic (exact) mass is 263 g/mol. The topological polar surface area (TPSA) is 84.6 Å². The SMILES string of the molecule is CC(C)C1CCCC(C#N)(NCCCN=[N+]=[N-])CC1. The second-order valence-electron chi connectivity index (χ2n) is 5.86. The Morgan fingerprint density at radius 3 is 2.89 bits per heavy atom. The van der Waals surface area contributed by atoms with Crippen molar-refractivity contribution in [2.75, 3.05) is 13.1 Å². The summed E-state index contributed by atoms with van der Waals surface area (Å²) < 4.78 is 0. The molecule has 19 heavy (non-hydrogen) atoms. The summed E-state index contributed by atoms with van der Waals surface area (Å²) in [6, 6.07) is 2.49. The Hall–Kier alpha value is -1.24. The molecule has 1 N–H and O–H groups in total. The van der Waals surface area contributed by atoms with Gasteiger partial charge in [0.15, 0.2) is 0 Å². The average molecular weight is 263 g/mol. The van der Waals surface area contributed by atoms with Crippen LogP contribution in [-0.2, 0) is 0 Å². The summed E-state index contributed by atoms with van der Waals surface area (Å²) in [5.74, 6) is 1.46. The highest BCUT2D eigenvalue weighted by atomic mass is 15.1. The molecular weight excluding hydrogens is 238 g/mol. The van der Waals surface area contributed by atoms with Gasteiger partial charge in [-0.1, -0.05) is 31.8 Å². The number of rotatable bonds is 6. The van der Waals surface area contributed by atoms with Crippen LogP contribution in [0.5, 0.6) is 0 Å². The highest BCUT2D eigenvalue weighted by Gasteiger charge is 2.33. The van der Waals surface area contributed by atoms with Crippen molar-refractivity contribution in [1.29, 1.82) is 5.26 Å². The molecule has 0 saturated heterocycles. The Bertz CT molecular complexity index is 353. The minimum atomic E-state index is -0.361. The van der Waals surface area contributed by atoms with Crippen LogP contribution in [0.4, 0.5) is 0 Å². The lowest BCUT2D eigenvalue weighted by molar-refractivity contribution is 0.322. The van der Waals surface area contributed by atoms with E-state index in [2.05, 4.69) is 35.3 Å². The van der Waals surface area contributed by atoms with E-state index in [0.29, 0.717) is 12.5 Å². The molecule has 2 atom stereocenters. The van der Waals surface area contributed by atoms with E-state index in [9.17, 15) is 5.26 Å². The Morgan fingerprint density at radius 2 is 2.26 bits per heavy atom. The van der Waals surface area contributed by atoms with E-state index in [1.165, 1.54) is 6.42 Å². The van der Waals surface area contributed by atoms with Gasteiger partial charge in [-0.3, -0.25) is 5.32 Å². The summed E-state index contributed by atoms with van der Waals surface area (Å²) in [4.78, 5) is 2.73. The van der Waals surface area contributed by atoms with Gasteiger partial charge < -0.3 is 0 Å². The number of nitriles is 1. The van der Waals surface area contributed by atoms with Crippen LogP contribution in [0.25, 0.3) is 10.4 Å². The Labute approximate surface area is 116 Å². The third-order valence-electron chi connectivity index (χ3n) is 4.24. The molecule has 0 radical (unpaired) electrons. The molecule has 5 heteroatoms. The molecule has 1 saturated carbocycles. The van der Waals surface area contributed by atoms with Crippen LogP contribution in [0.2, 0.25) is 0 Å². The van der Waals surface area contributed by atoms with Crippen molar-refractivity contribution in [2.24, 2.45) is 17.0 Å². The molecule has 2 unspecified atom stereocenters. The second kappa shape index (κ2) is 8.04. The summed E-state index contributed by atoms with van der Waals surface area (Å²) in [6.45, 7) is 5.80. The maximum Gasteiger partial charge on any atom is 0.106 e. The highest BCUT2D eigenvalue weighted by Crippen LogP contribution is 2.33. The maximum atomic E-state index is 9.50. The van der Waals surface area contributed by atoms with E-state index < -0.39 is 0 Å². The predicted octanol–water partition coefficient (Wildman–Crippen LogP) is 3.78. The standard InChI is InChI=1S/C14H25N5/c1-12(2)13-5-3-7-14(11-15,8-6-13)17-9-4-10-18-19-16/h12-13,17H,3-10H2,1-2H3. The van der Waals surface area contributed by atoms with Crippen LogP contribution in [0.3, 0.4) is 0 Å². The molecule has 0 aliphatic heterocycles. The number of hydrogen-bond acceptors (Lipinski definition) is 3. The van der Waals surface area contributed by atoms with Crippen molar-refractivity contribution in [3.8, 4) is 6.07 Å². The predicted molar refractivity (Wildman–Crippen MR) is 76.4 cm³/mol. The Morgan fingerprint density at radius 1 is 1.47 bits per heavy atom. The fourth-order valence-electron chi connectivity index (χ4n) is 2.88. The highest BCUT2D eigenvalue weighted by molar-refractivity contribution is 5.08. The van der Waals surface area contributed by atoms with Crippen molar-refractivity contribution in [2.45, 2.75) is 57.9 Å². The molecule has 0 aromatic carbocycles. The van der Waals surface area contributed by atoms with Gasteiger partial charge in [0.25, 0.3) is 0 Å². The van der Waals surface area contributed by atoms with Crippen molar-refractivity contribution < 1.29 is 0 Å². The van der Waals surface area contributed by atoms with E-state index in [0.717, 1.165) is 44.6 Å². The summed E-state index contributed by atoms with van der Waals surface area (Å²) in [5.41, 5.74) is 7.85. The zero-order valence-corrected chi connectivity index (χ0v) is 12.1. The first-order valence-corrected chi connectivity index (χ1v) is 7.31.